The molecule has 5 N–H and O–H groups in total. The Morgan fingerprint density at radius 2 is 1.59 bits per heavy atom. The largest absolute Gasteiger partial charge is 0.475 e. The van der Waals surface area contributed by atoms with Gasteiger partial charge in [-0.15, -0.1) is 0 Å². The smallest absolute Gasteiger partial charge is 0.374 e. The van der Waals surface area contributed by atoms with Crippen LogP contribution in [0.3, 0.4) is 0 Å². The van der Waals surface area contributed by atoms with Crippen LogP contribution in [0.2, 0.25) is 0 Å². The molecule has 11 heteroatoms. The average Bonchev–Trinajstić information content (AvgIpc) is 3.61. The molecule has 1 saturated carbocycles. The monoisotopic (exact) mass is 530 g/mol. The normalized spacial score (nSPS) is 15.4. The number of benzene rings is 2. The van der Waals surface area contributed by atoms with Gasteiger partial charge in [-0.1, -0.05) is 60.7 Å². The highest BCUT2D eigenvalue weighted by molar-refractivity contribution is 5.90. The van der Waals surface area contributed by atoms with E-state index in [1.54, 1.807) is 4.57 Å². The molecule has 1 unspecified atom stereocenters. The van der Waals surface area contributed by atoms with E-state index in [2.05, 4.69) is 25.6 Å². The van der Waals surface area contributed by atoms with Crippen LogP contribution in [-0.2, 0) is 10.5 Å². The fraction of sp³-hybridized carbons (Fsp3) is 0.321. The number of carbonyl (C=O) groups excluding carboxylic acids is 1. The lowest BCUT2D eigenvalue weighted by molar-refractivity contribution is -0.134. The van der Waals surface area contributed by atoms with E-state index >= 15 is 0 Å². The Morgan fingerprint density at radius 1 is 0.974 bits per heavy atom. The van der Waals surface area contributed by atoms with Gasteiger partial charge in [0.2, 0.25) is 5.82 Å². The Kier molecular flexibility index (Phi) is 7.53. The number of imidazole rings is 1. The minimum atomic E-state index is -1.58. The minimum Gasteiger partial charge on any atom is -0.475 e. The highest BCUT2D eigenvalue weighted by Gasteiger charge is 2.40. The Bertz CT molecular complexity index is 1410. The molecular formula is C28H30N6O5. The molecule has 0 radical (unpaired) electrons. The molecule has 2 heterocycles. The molecule has 1 aliphatic carbocycles. The molecule has 2 aromatic carbocycles. The first-order chi connectivity index (χ1) is 18.9. The third-order valence-corrected chi connectivity index (χ3v) is 7.19. The van der Waals surface area contributed by atoms with Crippen LogP contribution in [0.5, 0.6) is 0 Å². The number of carboxylic acid groups (broad SMARTS) is 1. The fourth-order valence-electron chi connectivity index (χ4n) is 5.21. The quantitative estimate of drug-likeness (QED) is 0.207. The van der Waals surface area contributed by atoms with E-state index in [0.717, 1.165) is 24.0 Å². The van der Waals surface area contributed by atoms with Crippen molar-refractivity contribution in [3.8, 4) is 0 Å². The zero-order chi connectivity index (χ0) is 27.4. The molecule has 0 saturated heterocycles. The Labute approximate surface area is 224 Å². The molecule has 0 aliphatic heterocycles. The van der Waals surface area contributed by atoms with Crippen LogP contribution in [0, 0.1) is 0 Å². The summed E-state index contributed by atoms with van der Waals surface area (Å²) in [4.78, 5) is 37.6. The van der Waals surface area contributed by atoms with Crippen LogP contribution < -0.4 is 10.6 Å². The van der Waals surface area contributed by atoms with E-state index in [4.69, 9.17) is 0 Å². The van der Waals surface area contributed by atoms with Crippen LogP contribution in [-0.4, -0.2) is 66.0 Å². The predicted molar refractivity (Wildman–Crippen MR) is 143 cm³/mol. The van der Waals surface area contributed by atoms with E-state index in [1.165, 1.54) is 6.33 Å². The molecule has 1 atom stereocenters. The van der Waals surface area contributed by atoms with Gasteiger partial charge in [0.1, 0.15) is 5.66 Å². The van der Waals surface area contributed by atoms with Crippen LogP contribution in [0.25, 0.3) is 11.2 Å². The standard InChI is InChI=1S/C28H30N6O5/c35-16-21(36)26(37)33-28(13-7-8-14-28)34-17-30-22-23(31-24(27(38)39)32-25(22)34)29-15-20(18-9-3-1-4-10-18)19-11-5-2-6-12-19/h1-6,9-12,17,20-21,35-36H,7-8,13-16H2,(H,33,37)(H,38,39)(H,29,31,32). The minimum absolute atomic E-state index is 0.0480. The number of hydrogen-bond donors (Lipinski definition) is 5. The molecule has 4 aromatic rings. The zero-order valence-electron chi connectivity index (χ0n) is 21.2. The molecule has 5 rings (SSSR count). The van der Waals surface area contributed by atoms with Gasteiger partial charge >= 0.3 is 5.97 Å². The number of aromatic carboxylic acids is 1. The second-order valence-corrected chi connectivity index (χ2v) is 9.67. The lowest BCUT2D eigenvalue weighted by atomic mass is 9.91. The summed E-state index contributed by atoms with van der Waals surface area (Å²) in [6, 6.07) is 20.0. The second-order valence-electron chi connectivity index (χ2n) is 9.67. The number of carbonyl (C=O) groups is 2. The van der Waals surface area contributed by atoms with Crippen LogP contribution in [0.1, 0.15) is 53.3 Å². The first-order valence-electron chi connectivity index (χ1n) is 12.9. The summed E-state index contributed by atoms with van der Waals surface area (Å²) in [5, 5.41) is 35.1. The van der Waals surface area contributed by atoms with Crippen LogP contribution in [0.4, 0.5) is 5.82 Å². The van der Waals surface area contributed by atoms with Gasteiger partial charge < -0.3 is 26.0 Å². The average molecular weight is 531 g/mol. The molecule has 0 bridgehead atoms. The van der Waals surface area contributed by atoms with Crippen molar-refractivity contribution >= 4 is 28.9 Å². The molecule has 0 spiro atoms. The van der Waals surface area contributed by atoms with Gasteiger partial charge in [-0.2, -0.15) is 0 Å². The SMILES string of the molecule is O=C(O)c1nc(NCC(c2ccccc2)c2ccccc2)c2ncn(C3(NC(=O)C(O)CO)CCCC3)c2n1. The third kappa shape index (κ3) is 5.31. The maximum Gasteiger partial charge on any atom is 0.374 e. The molecule has 39 heavy (non-hydrogen) atoms. The van der Waals surface area contributed by atoms with Crippen molar-refractivity contribution in [3.05, 3.63) is 83.9 Å². The topological polar surface area (TPSA) is 162 Å². The lowest BCUT2D eigenvalue weighted by Crippen LogP contribution is -2.52. The Hall–Kier alpha value is -4.35. The van der Waals surface area contributed by atoms with Crippen molar-refractivity contribution in [1.82, 2.24) is 24.8 Å². The number of fused-ring (bicyclic) bond motifs is 1. The predicted octanol–water partition coefficient (Wildman–Crippen LogP) is 2.46. The van der Waals surface area contributed by atoms with Gasteiger partial charge in [-0.05, 0) is 36.8 Å². The van der Waals surface area contributed by atoms with E-state index in [1.807, 2.05) is 60.7 Å². The molecule has 1 aliphatic rings. The number of nitrogens with one attached hydrogen (secondary N) is 2. The number of anilines is 1. The van der Waals surface area contributed by atoms with E-state index in [9.17, 15) is 24.9 Å². The number of aliphatic hydroxyl groups excluding tert-OH is 2. The van der Waals surface area contributed by atoms with Crippen LogP contribution in [0.15, 0.2) is 67.0 Å². The summed E-state index contributed by atoms with van der Waals surface area (Å²) < 4.78 is 1.66. The summed E-state index contributed by atoms with van der Waals surface area (Å²) in [5.41, 5.74) is 1.81. The van der Waals surface area contributed by atoms with Gasteiger partial charge in [0, 0.05) is 12.5 Å². The van der Waals surface area contributed by atoms with Crippen molar-refractivity contribution in [2.75, 3.05) is 18.5 Å². The van der Waals surface area contributed by atoms with Gasteiger partial charge in [-0.25, -0.2) is 19.7 Å². The summed E-state index contributed by atoms with van der Waals surface area (Å²) in [5.74, 6) is -2.20. The van der Waals surface area contributed by atoms with Crippen LogP contribution >= 0.6 is 0 Å². The number of nitrogens with zero attached hydrogens (tertiary/aromatic N) is 4. The summed E-state index contributed by atoms with van der Waals surface area (Å²) in [6.07, 6.45) is 2.59. The molecule has 1 amide bonds. The number of hydrogen-bond acceptors (Lipinski definition) is 8. The molecule has 1 fully saturated rings. The number of amides is 1. The lowest BCUT2D eigenvalue weighted by Gasteiger charge is -2.33. The first kappa shape index (κ1) is 26.3. The molecular weight excluding hydrogens is 500 g/mol. The number of rotatable bonds is 10. The number of aliphatic hydroxyl groups is 2. The van der Waals surface area contributed by atoms with Crippen molar-refractivity contribution in [3.63, 3.8) is 0 Å². The Morgan fingerprint density at radius 3 is 2.15 bits per heavy atom. The second kappa shape index (κ2) is 11.2. The maximum absolute atomic E-state index is 12.6. The van der Waals surface area contributed by atoms with Gasteiger partial charge in [0.05, 0.1) is 12.9 Å². The molecule has 2 aromatic heterocycles. The van der Waals surface area contributed by atoms with Gasteiger partial charge in [0.15, 0.2) is 23.1 Å². The Balaban J connectivity index is 1.54. The van der Waals surface area contributed by atoms with E-state index in [0.29, 0.717) is 24.9 Å². The molecule has 11 nitrogen and oxygen atoms in total. The van der Waals surface area contributed by atoms with Gasteiger partial charge in [0.25, 0.3) is 5.91 Å². The summed E-state index contributed by atoms with van der Waals surface area (Å²) >= 11 is 0. The highest BCUT2D eigenvalue weighted by atomic mass is 16.4. The molecule has 202 valence electrons. The van der Waals surface area contributed by atoms with E-state index < -0.39 is 36.1 Å². The van der Waals surface area contributed by atoms with Crippen molar-refractivity contribution in [1.29, 1.82) is 0 Å². The first-order valence-corrected chi connectivity index (χ1v) is 12.9. The maximum atomic E-state index is 12.6. The third-order valence-electron chi connectivity index (χ3n) is 7.19. The van der Waals surface area contributed by atoms with E-state index in [-0.39, 0.29) is 17.4 Å². The van der Waals surface area contributed by atoms with Crippen molar-refractivity contribution < 1.29 is 24.9 Å². The number of aromatic nitrogens is 4. The fourth-order valence-corrected chi connectivity index (χ4v) is 5.21. The van der Waals surface area contributed by atoms with Crippen molar-refractivity contribution in [2.24, 2.45) is 0 Å². The van der Waals surface area contributed by atoms with Gasteiger partial charge in [-0.3, -0.25) is 9.36 Å². The summed E-state index contributed by atoms with van der Waals surface area (Å²) in [7, 11) is 0. The zero-order valence-corrected chi connectivity index (χ0v) is 21.2. The summed E-state index contributed by atoms with van der Waals surface area (Å²) in [6.45, 7) is -0.299. The van der Waals surface area contributed by atoms with Crippen molar-refractivity contribution in [2.45, 2.75) is 43.4 Å². The number of carboxylic acids is 1. The highest BCUT2D eigenvalue weighted by Crippen LogP contribution is 2.37.